The predicted molar refractivity (Wildman–Crippen MR) is 82.5 cm³/mol. The first-order valence-corrected chi connectivity index (χ1v) is 6.88. The van der Waals surface area contributed by atoms with Crippen LogP contribution in [0.3, 0.4) is 0 Å². The van der Waals surface area contributed by atoms with Crippen LogP contribution < -0.4 is 10.1 Å². The highest BCUT2D eigenvalue weighted by Crippen LogP contribution is 2.14. The minimum Gasteiger partial charge on any atom is -0.496 e. The number of carboxylic acids is 1. The molecule has 118 valence electrons. The molecule has 0 saturated heterocycles. The molecule has 0 spiro atoms. The normalized spacial score (nSPS) is 12.4. The molecule has 0 radical (unpaired) electrons. The van der Waals surface area contributed by atoms with Crippen LogP contribution >= 0.6 is 0 Å². The Morgan fingerprint density at radius 2 is 1.90 bits per heavy atom. The van der Waals surface area contributed by atoms with E-state index >= 15 is 0 Å². The molecule has 2 N–H and O–H groups in total. The molecule has 5 nitrogen and oxygen atoms in total. The number of methoxy groups -OCH3 is 1. The molecule has 5 heteroatoms. The Hall–Kier alpha value is -2.04. The van der Waals surface area contributed by atoms with E-state index in [2.05, 4.69) is 5.32 Å². The SMILES string of the molecule is CCCC(C)(NC(C)=O)C(=O)O.COc1ccccc1C. The molecule has 0 bridgehead atoms. The van der Waals surface area contributed by atoms with Crippen LogP contribution in [0, 0.1) is 6.92 Å². The Bertz CT molecular complexity index is 473. The van der Waals surface area contributed by atoms with Gasteiger partial charge in [-0.25, -0.2) is 4.79 Å². The molecule has 1 unspecified atom stereocenters. The fourth-order valence-corrected chi connectivity index (χ4v) is 1.90. The molecule has 0 aliphatic rings. The van der Waals surface area contributed by atoms with Crippen molar-refractivity contribution in [3.8, 4) is 5.75 Å². The van der Waals surface area contributed by atoms with E-state index in [4.69, 9.17) is 9.84 Å². The summed E-state index contributed by atoms with van der Waals surface area (Å²) < 4.78 is 5.04. The van der Waals surface area contributed by atoms with Crippen LogP contribution in [-0.2, 0) is 9.59 Å². The molecule has 1 aromatic rings. The molecule has 1 rings (SSSR count). The predicted octanol–water partition coefficient (Wildman–Crippen LogP) is 2.77. The molecular weight excluding hydrogens is 270 g/mol. The average Bonchev–Trinajstić information content (AvgIpc) is 2.39. The van der Waals surface area contributed by atoms with Crippen LogP contribution in [0.1, 0.15) is 39.2 Å². The number of aliphatic carboxylic acids is 1. The maximum absolute atomic E-state index is 10.7. The average molecular weight is 295 g/mol. The second kappa shape index (κ2) is 9.00. The lowest BCUT2D eigenvalue weighted by molar-refractivity contribution is -0.146. The lowest BCUT2D eigenvalue weighted by Gasteiger charge is -2.24. The second-order valence-electron chi connectivity index (χ2n) is 5.04. The van der Waals surface area contributed by atoms with E-state index in [9.17, 15) is 9.59 Å². The molecule has 21 heavy (non-hydrogen) atoms. The molecule has 0 aromatic heterocycles. The maximum Gasteiger partial charge on any atom is 0.329 e. The summed E-state index contributed by atoms with van der Waals surface area (Å²) in [4.78, 5) is 21.4. The molecule has 0 heterocycles. The highest BCUT2D eigenvalue weighted by molar-refractivity contribution is 5.85. The molecule has 0 fully saturated rings. The number of rotatable bonds is 5. The summed E-state index contributed by atoms with van der Waals surface area (Å²) in [6.45, 7) is 6.74. The van der Waals surface area contributed by atoms with Gasteiger partial charge in [0, 0.05) is 6.92 Å². The van der Waals surface area contributed by atoms with E-state index in [1.165, 1.54) is 19.4 Å². The zero-order valence-corrected chi connectivity index (χ0v) is 13.4. The number of hydrogen-bond acceptors (Lipinski definition) is 3. The van der Waals surface area contributed by atoms with Gasteiger partial charge in [-0.05, 0) is 31.9 Å². The lowest BCUT2D eigenvalue weighted by Crippen LogP contribution is -2.51. The largest absolute Gasteiger partial charge is 0.496 e. The molecule has 1 amide bonds. The number of amides is 1. The number of carbonyl (C=O) groups is 2. The minimum absolute atomic E-state index is 0.312. The Morgan fingerprint density at radius 1 is 1.33 bits per heavy atom. The zero-order chi connectivity index (χ0) is 16.5. The monoisotopic (exact) mass is 295 g/mol. The van der Waals surface area contributed by atoms with Crippen LogP contribution in [0.4, 0.5) is 0 Å². The first kappa shape index (κ1) is 19.0. The van der Waals surface area contributed by atoms with Gasteiger partial charge in [-0.15, -0.1) is 0 Å². The second-order valence-corrected chi connectivity index (χ2v) is 5.04. The first-order chi connectivity index (χ1) is 9.76. The van der Waals surface area contributed by atoms with Crippen molar-refractivity contribution in [1.82, 2.24) is 5.32 Å². The summed E-state index contributed by atoms with van der Waals surface area (Å²) in [7, 11) is 1.68. The van der Waals surface area contributed by atoms with Gasteiger partial charge in [0.25, 0.3) is 0 Å². The minimum atomic E-state index is -1.11. The number of aryl methyl sites for hydroxylation is 1. The molecule has 0 aliphatic carbocycles. The van der Waals surface area contributed by atoms with E-state index in [0.29, 0.717) is 6.42 Å². The quantitative estimate of drug-likeness (QED) is 0.876. The van der Waals surface area contributed by atoms with Crippen LogP contribution in [0.5, 0.6) is 5.75 Å². The Balaban J connectivity index is 0.000000394. The molecule has 1 atom stereocenters. The van der Waals surface area contributed by atoms with Gasteiger partial charge in [-0.1, -0.05) is 31.5 Å². The summed E-state index contributed by atoms with van der Waals surface area (Å²) in [5, 5.41) is 11.2. The summed E-state index contributed by atoms with van der Waals surface area (Å²) in [5.41, 5.74) is 0.0700. The van der Waals surface area contributed by atoms with Gasteiger partial charge in [0.05, 0.1) is 7.11 Å². The number of para-hydroxylation sites is 1. The van der Waals surface area contributed by atoms with Crippen molar-refractivity contribution in [3.05, 3.63) is 29.8 Å². The van der Waals surface area contributed by atoms with Gasteiger partial charge in [-0.3, -0.25) is 4.79 Å². The molecule has 1 aromatic carbocycles. The number of nitrogens with one attached hydrogen (secondary N) is 1. The maximum atomic E-state index is 10.7. The van der Waals surface area contributed by atoms with Gasteiger partial charge < -0.3 is 15.2 Å². The van der Waals surface area contributed by atoms with Gasteiger partial charge in [0.2, 0.25) is 5.91 Å². The van der Waals surface area contributed by atoms with Gasteiger partial charge in [0.1, 0.15) is 11.3 Å². The summed E-state index contributed by atoms with van der Waals surface area (Å²) in [5.74, 6) is -0.342. The Morgan fingerprint density at radius 3 is 2.24 bits per heavy atom. The highest BCUT2D eigenvalue weighted by Gasteiger charge is 2.32. The fraction of sp³-hybridized carbons (Fsp3) is 0.500. The van der Waals surface area contributed by atoms with Crippen molar-refractivity contribution in [2.24, 2.45) is 0 Å². The van der Waals surface area contributed by atoms with Gasteiger partial charge >= 0.3 is 5.97 Å². The third-order valence-electron chi connectivity index (χ3n) is 2.99. The van der Waals surface area contributed by atoms with E-state index < -0.39 is 11.5 Å². The number of ether oxygens (including phenoxy) is 1. The number of benzene rings is 1. The van der Waals surface area contributed by atoms with E-state index in [-0.39, 0.29) is 5.91 Å². The highest BCUT2D eigenvalue weighted by atomic mass is 16.5. The third-order valence-corrected chi connectivity index (χ3v) is 2.99. The summed E-state index contributed by atoms with van der Waals surface area (Å²) in [6.07, 6.45) is 1.17. The topological polar surface area (TPSA) is 75.6 Å². The van der Waals surface area contributed by atoms with Crippen molar-refractivity contribution in [2.45, 2.75) is 46.1 Å². The fourth-order valence-electron chi connectivity index (χ4n) is 1.90. The summed E-state index contributed by atoms with van der Waals surface area (Å²) in [6, 6.07) is 7.94. The van der Waals surface area contributed by atoms with Crippen LogP contribution in [0.15, 0.2) is 24.3 Å². The number of carbonyl (C=O) groups excluding carboxylic acids is 1. The van der Waals surface area contributed by atoms with E-state index in [0.717, 1.165) is 12.2 Å². The Kier molecular flexibility index (Phi) is 8.12. The van der Waals surface area contributed by atoms with E-state index in [1.54, 1.807) is 7.11 Å². The van der Waals surface area contributed by atoms with Gasteiger partial charge in [0.15, 0.2) is 0 Å². The molecule has 0 aliphatic heterocycles. The standard InChI is InChI=1S/C8H15NO3.C8H10O/c1-4-5-8(3,7(11)12)9-6(2)10;1-7-5-3-4-6-8(7)9-2/h4-5H2,1-3H3,(H,9,10)(H,11,12);3-6H,1-2H3. The van der Waals surface area contributed by atoms with Crippen LogP contribution in [-0.4, -0.2) is 29.6 Å². The van der Waals surface area contributed by atoms with Gasteiger partial charge in [-0.2, -0.15) is 0 Å². The van der Waals surface area contributed by atoms with E-state index in [1.807, 2.05) is 38.1 Å². The zero-order valence-electron chi connectivity index (χ0n) is 13.4. The lowest BCUT2D eigenvalue weighted by atomic mass is 9.96. The number of hydrogen-bond donors (Lipinski definition) is 2. The molecular formula is C16H25NO4. The van der Waals surface area contributed by atoms with Crippen molar-refractivity contribution < 1.29 is 19.4 Å². The first-order valence-electron chi connectivity index (χ1n) is 6.88. The summed E-state index contributed by atoms with van der Waals surface area (Å²) >= 11 is 0. The third kappa shape index (κ3) is 6.79. The van der Waals surface area contributed by atoms with Crippen molar-refractivity contribution in [1.29, 1.82) is 0 Å². The smallest absolute Gasteiger partial charge is 0.329 e. The Labute approximate surface area is 126 Å². The van der Waals surface area contributed by atoms with Crippen molar-refractivity contribution in [2.75, 3.05) is 7.11 Å². The molecule has 0 saturated carbocycles. The van der Waals surface area contributed by atoms with Crippen molar-refractivity contribution in [3.63, 3.8) is 0 Å². The number of carboxylic acid groups (broad SMARTS) is 1. The van der Waals surface area contributed by atoms with Crippen molar-refractivity contribution >= 4 is 11.9 Å². The van der Waals surface area contributed by atoms with Crippen LogP contribution in [0.2, 0.25) is 0 Å². The van der Waals surface area contributed by atoms with Crippen LogP contribution in [0.25, 0.3) is 0 Å².